The first-order chi connectivity index (χ1) is 5.95. The molecule has 1 aliphatic carbocycles. The van der Waals surface area contributed by atoms with Crippen LogP contribution in [0.15, 0.2) is 0 Å². The largest absolute Gasteiger partial charge is 0.353 e. The molecule has 0 bridgehead atoms. The molecule has 2 heterocycles. The minimum Gasteiger partial charge on any atom is -0.353 e. The van der Waals surface area contributed by atoms with Crippen LogP contribution in [0.3, 0.4) is 0 Å². The fourth-order valence-corrected chi connectivity index (χ4v) is 1.90. The predicted molar refractivity (Wildman–Crippen MR) is 42.7 cm³/mol. The summed E-state index contributed by atoms with van der Waals surface area (Å²) in [6.07, 6.45) is 3.87. The van der Waals surface area contributed by atoms with Gasteiger partial charge in [0.25, 0.3) is 0 Å². The highest BCUT2D eigenvalue weighted by Crippen LogP contribution is 2.42. The van der Waals surface area contributed by atoms with E-state index in [1.165, 1.54) is 19.3 Å². The molecule has 5 heteroatoms. The van der Waals surface area contributed by atoms with Gasteiger partial charge in [0.2, 0.25) is 5.95 Å². The quantitative estimate of drug-likeness (QED) is 0.656. The standard InChI is InChI=1S/C7H11N5/c1-2-5(1)6-3-4-8-7-9-10-11-12(6)7/h5-6H,1-4H2,(H,8,9,11). The molecule has 1 aliphatic heterocycles. The molecule has 1 saturated carbocycles. The molecular weight excluding hydrogens is 154 g/mol. The van der Waals surface area contributed by atoms with E-state index in [0.717, 1.165) is 18.4 Å². The van der Waals surface area contributed by atoms with Gasteiger partial charge < -0.3 is 5.32 Å². The molecule has 0 spiro atoms. The van der Waals surface area contributed by atoms with Crippen LogP contribution in [0.4, 0.5) is 5.95 Å². The van der Waals surface area contributed by atoms with Crippen LogP contribution >= 0.6 is 0 Å². The molecular formula is C7H11N5. The van der Waals surface area contributed by atoms with E-state index in [1.54, 1.807) is 0 Å². The van der Waals surface area contributed by atoms with Crippen molar-refractivity contribution >= 4 is 5.95 Å². The lowest BCUT2D eigenvalue weighted by atomic mass is 10.1. The van der Waals surface area contributed by atoms with Gasteiger partial charge in [-0.3, -0.25) is 0 Å². The number of fused-ring (bicyclic) bond motifs is 1. The van der Waals surface area contributed by atoms with E-state index in [4.69, 9.17) is 0 Å². The number of aromatic nitrogens is 4. The summed E-state index contributed by atoms with van der Waals surface area (Å²) in [7, 11) is 0. The molecule has 5 nitrogen and oxygen atoms in total. The molecule has 1 aromatic heterocycles. The number of hydrogen-bond acceptors (Lipinski definition) is 4. The number of rotatable bonds is 1. The summed E-state index contributed by atoms with van der Waals surface area (Å²) in [5.41, 5.74) is 0. The Hall–Kier alpha value is -1.13. The van der Waals surface area contributed by atoms with E-state index < -0.39 is 0 Å². The zero-order valence-corrected chi connectivity index (χ0v) is 6.77. The van der Waals surface area contributed by atoms with Crippen molar-refractivity contribution in [1.82, 2.24) is 20.2 Å². The van der Waals surface area contributed by atoms with Crippen molar-refractivity contribution in [2.45, 2.75) is 25.3 Å². The van der Waals surface area contributed by atoms with Gasteiger partial charge in [-0.1, -0.05) is 5.10 Å². The van der Waals surface area contributed by atoms with E-state index in [-0.39, 0.29) is 0 Å². The van der Waals surface area contributed by atoms with Gasteiger partial charge in [-0.15, -0.1) is 0 Å². The molecule has 0 amide bonds. The Balaban J connectivity index is 1.97. The molecule has 12 heavy (non-hydrogen) atoms. The van der Waals surface area contributed by atoms with Crippen LogP contribution in [0.5, 0.6) is 0 Å². The summed E-state index contributed by atoms with van der Waals surface area (Å²) >= 11 is 0. The molecule has 0 saturated heterocycles. The van der Waals surface area contributed by atoms with Gasteiger partial charge in [0.1, 0.15) is 0 Å². The van der Waals surface area contributed by atoms with Crippen molar-refractivity contribution in [1.29, 1.82) is 0 Å². The third-order valence-electron chi connectivity index (χ3n) is 2.70. The smallest absolute Gasteiger partial charge is 0.243 e. The zero-order chi connectivity index (χ0) is 7.97. The molecule has 2 aliphatic rings. The van der Waals surface area contributed by atoms with Crippen LogP contribution in [0.1, 0.15) is 25.3 Å². The van der Waals surface area contributed by atoms with Gasteiger partial charge >= 0.3 is 0 Å². The Bertz CT molecular complexity index is 290. The maximum absolute atomic E-state index is 3.99. The second-order valence-electron chi connectivity index (χ2n) is 3.57. The lowest BCUT2D eigenvalue weighted by molar-refractivity contribution is 0.368. The Morgan fingerprint density at radius 2 is 2.25 bits per heavy atom. The van der Waals surface area contributed by atoms with E-state index in [1.807, 2.05) is 4.68 Å². The zero-order valence-electron chi connectivity index (χ0n) is 6.77. The van der Waals surface area contributed by atoms with Crippen LogP contribution in [0.25, 0.3) is 0 Å². The van der Waals surface area contributed by atoms with Crippen LogP contribution in [0, 0.1) is 5.92 Å². The number of tetrazole rings is 1. The second-order valence-corrected chi connectivity index (χ2v) is 3.57. The van der Waals surface area contributed by atoms with E-state index in [9.17, 15) is 0 Å². The molecule has 0 radical (unpaired) electrons. The number of nitrogens with one attached hydrogen (secondary N) is 1. The van der Waals surface area contributed by atoms with Crippen molar-refractivity contribution in [3.63, 3.8) is 0 Å². The Labute approximate surface area is 70.1 Å². The minimum absolute atomic E-state index is 0.566. The molecule has 64 valence electrons. The van der Waals surface area contributed by atoms with Crippen molar-refractivity contribution < 1.29 is 0 Å². The van der Waals surface area contributed by atoms with Gasteiger partial charge in [-0.2, -0.15) is 0 Å². The first-order valence-corrected chi connectivity index (χ1v) is 4.47. The normalized spacial score (nSPS) is 27.8. The van der Waals surface area contributed by atoms with E-state index in [2.05, 4.69) is 20.8 Å². The summed E-state index contributed by atoms with van der Waals surface area (Å²) < 4.78 is 1.95. The molecule has 1 unspecified atom stereocenters. The third kappa shape index (κ3) is 0.821. The van der Waals surface area contributed by atoms with Crippen molar-refractivity contribution in [2.24, 2.45) is 5.92 Å². The molecule has 0 aromatic carbocycles. The van der Waals surface area contributed by atoms with Gasteiger partial charge in [-0.05, 0) is 35.6 Å². The molecule has 1 atom stereocenters. The second kappa shape index (κ2) is 2.18. The molecule has 1 aromatic rings. The molecule has 3 rings (SSSR count). The highest BCUT2D eigenvalue weighted by atomic mass is 15.6. The van der Waals surface area contributed by atoms with Gasteiger partial charge in [0.05, 0.1) is 6.04 Å². The number of anilines is 1. The maximum atomic E-state index is 3.99. The summed E-state index contributed by atoms with van der Waals surface area (Å²) in [4.78, 5) is 0. The van der Waals surface area contributed by atoms with Crippen LogP contribution in [0.2, 0.25) is 0 Å². The maximum Gasteiger partial charge on any atom is 0.243 e. The van der Waals surface area contributed by atoms with Crippen molar-refractivity contribution in [3.05, 3.63) is 0 Å². The highest BCUT2D eigenvalue weighted by molar-refractivity contribution is 5.25. The molecule has 1 fully saturated rings. The number of hydrogen-bond donors (Lipinski definition) is 1. The number of nitrogens with zero attached hydrogens (tertiary/aromatic N) is 4. The van der Waals surface area contributed by atoms with Crippen molar-refractivity contribution in [2.75, 3.05) is 11.9 Å². The topological polar surface area (TPSA) is 55.6 Å². The summed E-state index contributed by atoms with van der Waals surface area (Å²) in [6.45, 7) is 1.02. The fourth-order valence-electron chi connectivity index (χ4n) is 1.90. The van der Waals surface area contributed by atoms with E-state index >= 15 is 0 Å². The highest BCUT2D eigenvalue weighted by Gasteiger charge is 2.36. The Morgan fingerprint density at radius 1 is 1.33 bits per heavy atom. The summed E-state index contributed by atoms with van der Waals surface area (Å²) in [5, 5.41) is 14.7. The Kier molecular flexibility index (Phi) is 1.16. The van der Waals surface area contributed by atoms with Crippen LogP contribution in [-0.4, -0.2) is 26.8 Å². The average Bonchev–Trinajstić information content (AvgIpc) is 2.82. The third-order valence-corrected chi connectivity index (χ3v) is 2.70. The fraction of sp³-hybridized carbons (Fsp3) is 0.857. The predicted octanol–water partition coefficient (Wildman–Crippen LogP) is 0.440. The van der Waals surface area contributed by atoms with Gasteiger partial charge in [-0.25, -0.2) is 4.68 Å². The first-order valence-electron chi connectivity index (χ1n) is 4.47. The minimum atomic E-state index is 0.566. The van der Waals surface area contributed by atoms with Gasteiger partial charge in [0.15, 0.2) is 0 Å². The van der Waals surface area contributed by atoms with Crippen LogP contribution < -0.4 is 5.32 Å². The van der Waals surface area contributed by atoms with Crippen LogP contribution in [-0.2, 0) is 0 Å². The SMILES string of the molecule is C1CC(C2CC2)n2nnnc2N1. The lowest BCUT2D eigenvalue weighted by Gasteiger charge is -2.22. The lowest BCUT2D eigenvalue weighted by Crippen LogP contribution is -2.25. The summed E-state index contributed by atoms with van der Waals surface area (Å²) in [6, 6.07) is 0.566. The molecule has 1 N–H and O–H groups in total. The van der Waals surface area contributed by atoms with Gasteiger partial charge in [0, 0.05) is 6.54 Å². The van der Waals surface area contributed by atoms with E-state index in [0.29, 0.717) is 6.04 Å². The Morgan fingerprint density at radius 3 is 3.08 bits per heavy atom. The summed E-state index contributed by atoms with van der Waals surface area (Å²) in [5.74, 6) is 1.69. The monoisotopic (exact) mass is 165 g/mol. The van der Waals surface area contributed by atoms with Crippen molar-refractivity contribution in [3.8, 4) is 0 Å². The first kappa shape index (κ1) is 6.39. The average molecular weight is 165 g/mol.